The third-order valence-corrected chi connectivity index (χ3v) is 4.54. The van der Waals surface area contributed by atoms with E-state index in [2.05, 4.69) is 22.6 Å². The van der Waals surface area contributed by atoms with Crippen LogP contribution in [-0.2, 0) is 6.54 Å². The van der Waals surface area contributed by atoms with Crippen LogP contribution in [0.2, 0.25) is 5.02 Å². The van der Waals surface area contributed by atoms with Gasteiger partial charge in [0.1, 0.15) is 11.5 Å². The Hall–Kier alpha value is -1.47. The predicted octanol–water partition coefficient (Wildman–Crippen LogP) is 4.23. The van der Waals surface area contributed by atoms with Gasteiger partial charge in [-0.25, -0.2) is 0 Å². The fraction of sp³-hybridized carbons (Fsp3) is 0.235. The molecule has 0 radical (unpaired) electrons. The second-order valence-corrected chi connectivity index (χ2v) is 6.56. The van der Waals surface area contributed by atoms with Crippen molar-refractivity contribution in [3.8, 4) is 11.5 Å². The van der Waals surface area contributed by atoms with Crippen molar-refractivity contribution in [3.05, 3.63) is 56.1 Å². The molecule has 1 amide bonds. The van der Waals surface area contributed by atoms with E-state index in [4.69, 9.17) is 21.1 Å². The normalized spacial score (nSPS) is 10.3. The number of benzene rings is 2. The minimum absolute atomic E-state index is 0.0658. The van der Waals surface area contributed by atoms with Gasteiger partial charge in [-0.15, -0.1) is 0 Å². The quantitative estimate of drug-likeness (QED) is 0.647. The Morgan fingerprint density at radius 3 is 2.52 bits per heavy atom. The number of carbonyl (C=O) groups excluding carboxylic acids is 1. The molecular weight excluding hydrogens is 429 g/mol. The Morgan fingerprint density at radius 2 is 1.91 bits per heavy atom. The van der Waals surface area contributed by atoms with Crippen molar-refractivity contribution < 1.29 is 14.3 Å². The average molecular weight is 446 g/mol. The summed E-state index contributed by atoms with van der Waals surface area (Å²) in [5.74, 6) is 1.34. The number of carbonyl (C=O) groups is 1. The molecule has 0 aliphatic heterocycles. The molecule has 0 fully saturated rings. The topological polar surface area (TPSA) is 38.8 Å². The Morgan fingerprint density at radius 1 is 1.17 bits per heavy atom. The second kappa shape index (κ2) is 7.88. The molecule has 0 unspecified atom stereocenters. The molecule has 2 rings (SSSR count). The summed E-state index contributed by atoms with van der Waals surface area (Å²) in [7, 11) is 4.96. The fourth-order valence-corrected chi connectivity index (χ4v) is 3.28. The summed E-state index contributed by atoms with van der Waals surface area (Å²) >= 11 is 8.06. The highest BCUT2D eigenvalue weighted by atomic mass is 127. The maximum absolute atomic E-state index is 12.6. The maximum atomic E-state index is 12.6. The van der Waals surface area contributed by atoms with Gasteiger partial charge < -0.3 is 14.4 Å². The van der Waals surface area contributed by atoms with Crippen molar-refractivity contribution in [2.45, 2.75) is 6.54 Å². The van der Waals surface area contributed by atoms with Crippen molar-refractivity contribution in [2.24, 2.45) is 0 Å². The van der Waals surface area contributed by atoms with Crippen LogP contribution in [-0.4, -0.2) is 32.1 Å². The molecule has 2 aromatic carbocycles. The van der Waals surface area contributed by atoms with E-state index >= 15 is 0 Å². The Labute approximate surface area is 154 Å². The molecule has 0 heterocycles. The molecule has 0 aromatic heterocycles. The lowest BCUT2D eigenvalue weighted by atomic mass is 10.1. The molecule has 0 saturated carbocycles. The monoisotopic (exact) mass is 445 g/mol. The van der Waals surface area contributed by atoms with Gasteiger partial charge in [0.25, 0.3) is 5.91 Å². The Balaban J connectivity index is 2.21. The van der Waals surface area contributed by atoms with Crippen molar-refractivity contribution in [2.75, 3.05) is 21.3 Å². The third kappa shape index (κ3) is 4.29. The zero-order valence-corrected chi connectivity index (χ0v) is 16.0. The molecule has 0 saturated heterocycles. The van der Waals surface area contributed by atoms with Gasteiger partial charge >= 0.3 is 0 Å². The van der Waals surface area contributed by atoms with E-state index in [0.29, 0.717) is 28.6 Å². The van der Waals surface area contributed by atoms with Gasteiger partial charge in [0.05, 0.1) is 19.8 Å². The van der Waals surface area contributed by atoms with Gasteiger partial charge in [-0.3, -0.25) is 4.79 Å². The van der Waals surface area contributed by atoms with Crippen LogP contribution in [0.4, 0.5) is 0 Å². The summed E-state index contributed by atoms with van der Waals surface area (Å²) in [6.45, 7) is 0.435. The highest BCUT2D eigenvalue weighted by Gasteiger charge is 2.17. The molecule has 0 bridgehead atoms. The molecule has 4 nitrogen and oxygen atoms in total. The van der Waals surface area contributed by atoms with Crippen molar-refractivity contribution in [1.29, 1.82) is 0 Å². The van der Waals surface area contributed by atoms with E-state index in [0.717, 1.165) is 9.13 Å². The maximum Gasteiger partial charge on any atom is 0.254 e. The summed E-state index contributed by atoms with van der Waals surface area (Å²) in [6, 6.07) is 10.8. The summed E-state index contributed by atoms with van der Waals surface area (Å²) in [6.07, 6.45) is 0. The minimum atomic E-state index is -0.0658. The number of hydrogen-bond donors (Lipinski definition) is 0. The van der Waals surface area contributed by atoms with E-state index < -0.39 is 0 Å². The predicted molar refractivity (Wildman–Crippen MR) is 99.5 cm³/mol. The first-order valence-corrected chi connectivity index (χ1v) is 8.33. The highest BCUT2D eigenvalue weighted by molar-refractivity contribution is 14.1. The van der Waals surface area contributed by atoms with Crippen LogP contribution in [0.3, 0.4) is 0 Å². The van der Waals surface area contributed by atoms with Crippen LogP contribution >= 0.6 is 34.2 Å². The van der Waals surface area contributed by atoms with Gasteiger partial charge in [0.2, 0.25) is 0 Å². The summed E-state index contributed by atoms with van der Waals surface area (Å²) in [5.41, 5.74) is 1.54. The average Bonchev–Trinajstić information content (AvgIpc) is 2.54. The van der Waals surface area contributed by atoms with Crippen molar-refractivity contribution in [3.63, 3.8) is 0 Å². The fourth-order valence-electron chi connectivity index (χ4n) is 2.18. The highest BCUT2D eigenvalue weighted by Crippen LogP contribution is 2.26. The summed E-state index contributed by atoms with van der Waals surface area (Å²) in [5, 5.41) is 0.616. The molecule has 0 N–H and O–H groups in total. The van der Waals surface area contributed by atoms with Crippen LogP contribution in [0, 0.1) is 3.57 Å². The first-order chi connectivity index (χ1) is 11.0. The number of methoxy groups -OCH3 is 2. The number of ether oxygens (including phenoxy) is 2. The van der Waals surface area contributed by atoms with E-state index in [1.165, 1.54) is 0 Å². The van der Waals surface area contributed by atoms with E-state index in [9.17, 15) is 4.79 Å². The lowest BCUT2D eigenvalue weighted by molar-refractivity contribution is 0.0783. The second-order valence-electron chi connectivity index (χ2n) is 4.96. The number of hydrogen-bond acceptors (Lipinski definition) is 3. The van der Waals surface area contributed by atoms with E-state index in [-0.39, 0.29) is 5.91 Å². The molecule has 6 heteroatoms. The molecular formula is C17H17ClINO3. The van der Waals surface area contributed by atoms with E-state index in [1.807, 2.05) is 12.1 Å². The molecule has 0 aliphatic carbocycles. The zero-order chi connectivity index (χ0) is 17.0. The first-order valence-electron chi connectivity index (χ1n) is 6.87. The molecule has 2 aromatic rings. The molecule has 0 aliphatic rings. The molecule has 0 spiro atoms. The van der Waals surface area contributed by atoms with Crippen LogP contribution < -0.4 is 9.47 Å². The number of nitrogens with zero attached hydrogens (tertiary/aromatic N) is 1. The zero-order valence-electron chi connectivity index (χ0n) is 13.1. The smallest absolute Gasteiger partial charge is 0.254 e. The molecule has 0 atom stereocenters. The Kier molecular flexibility index (Phi) is 6.12. The number of rotatable bonds is 5. The van der Waals surface area contributed by atoms with Crippen LogP contribution in [0.15, 0.2) is 36.4 Å². The molecule has 122 valence electrons. The summed E-state index contributed by atoms with van der Waals surface area (Å²) in [4.78, 5) is 14.3. The van der Waals surface area contributed by atoms with Gasteiger partial charge in [-0.05, 0) is 52.9 Å². The lowest BCUT2D eigenvalue weighted by Gasteiger charge is -2.20. The Bertz CT molecular complexity index is 721. The third-order valence-electron chi connectivity index (χ3n) is 3.41. The number of halogens is 2. The van der Waals surface area contributed by atoms with Crippen LogP contribution in [0.1, 0.15) is 15.9 Å². The van der Waals surface area contributed by atoms with Crippen molar-refractivity contribution >= 4 is 40.1 Å². The van der Waals surface area contributed by atoms with Gasteiger partial charge in [-0.2, -0.15) is 0 Å². The summed E-state index contributed by atoms with van der Waals surface area (Å²) < 4.78 is 11.4. The standard InChI is InChI=1S/C17H17ClINO3/c1-20(17(21)14-7-5-12(18)8-15(14)19)10-11-4-6-13(22-2)9-16(11)23-3/h4-9H,10H2,1-3H3. The van der Waals surface area contributed by atoms with Crippen molar-refractivity contribution in [1.82, 2.24) is 4.90 Å². The largest absolute Gasteiger partial charge is 0.497 e. The lowest BCUT2D eigenvalue weighted by Crippen LogP contribution is -2.27. The first kappa shape index (κ1) is 17.9. The van der Waals surface area contributed by atoms with Gasteiger partial charge in [0, 0.05) is 33.8 Å². The van der Waals surface area contributed by atoms with Gasteiger partial charge in [0.15, 0.2) is 0 Å². The minimum Gasteiger partial charge on any atom is -0.497 e. The number of amides is 1. The molecule has 23 heavy (non-hydrogen) atoms. The SMILES string of the molecule is COc1ccc(CN(C)C(=O)c2ccc(Cl)cc2I)c(OC)c1. The van der Waals surface area contributed by atoms with Crippen LogP contribution in [0.25, 0.3) is 0 Å². The van der Waals surface area contributed by atoms with Gasteiger partial charge in [-0.1, -0.05) is 11.6 Å². The van der Waals surface area contributed by atoms with Crippen LogP contribution in [0.5, 0.6) is 11.5 Å². The van der Waals surface area contributed by atoms with E-state index in [1.54, 1.807) is 50.4 Å².